The fraction of sp³-hybridized carbons (Fsp3) is 0.625. The lowest BCUT2D eigenvalue weighted by atomic mass is 10.1. The largest absolute Gasteiger partial charge is 0.465 e. The van der Waals surface area contributed by atoms with Crippen LogP contribution in [-0.4, -0.2) is 16.7 Å². The van der Waals surface area contributed by atoms with Gasteiger partial charge in [0.15, 0.2) is 0 Å². The van der Waals surface area contributed by atoms with Gasteiger partial charge in [-0.25, -0.2) is 4.79 Å². The Morgan fingerprint density at radius 1 is 1.73 bits per heavy atom. The minimum absolute atomic E-state index is 0.0972. The summed E-state index contributed by atoms with van der Waals surface area (Å²) in [4.78, 5) is 10.3. The van der Waals surface area contributed by atoms with Crippen molar-refractivity contribution in [3.8, 4) is 0 Å². The molecular formula is C8H13NO2. The van der Waals surface area contributed by atoms with Crippen molar-refractivity contribution in [2.75, 3.05) is 0 Å². The second kappa shape index (κ2) is 2.95. The van der Waals surface area contributed by atoms with Gasteiger partial charge in [-0.3, -0.25) is 0 Å². The lowest BCUT2D eigenvalue weighted by molar-refractivity contribution is 0.187. The molecular weight excluding hydrogens is 142 g/mol. The van der Waals surface area contributed by atoms with E-state index in [1.54, 1.807) is 0 Å². The summed E-state index contributed by atoms with van der Waals surface area (Å²) in [5.74, 6) is 0. The van der Waals surface area contributed by atoms with E-state index in [2.05, 4.69) is 11.9 Å². The molecule has 1 amide bonds. The van der Waals surface area contributed by atoms with Gasteiger partial charge in [0, 0.05) is 5.54 Å². The highest BCUT2D eigenvalue weighted by Gasteiger charge is 2.42. The van der Waals surface area contributed by atoms with Gasteiger partial charge in [-0.1, -0.05) is 6.08 Å². The van der Waals surface area contributed by atoms with E-state index in [4.69, 9.17) is 5.11 Å². The third-order valence-electron chi connectivity index (χ3n) is 2.05. The van der Waals surface area contributed by atoms with Gasteiger partial charge >= 0.3 is 6.09 Å². The Morgan fingerprint density at radius 2 is 2.36 bits per heavy atom. The quantitative estimate of drug-likeness (QED) is 0.607. The van der Waals surface area contributed by atoms with E-state index < -0.39 is 6.09 Å². The Hall–Kier alpha value is -0.990. The maximum atomic E-state index is 10.3. The van der Waals surface area contributed by atoms with Crippen LogP contribution in [0.5, 0.6) is 0 Å². The van der Waals surface area contributed by atoms with Crippen molar-refractivity contribution in [1.29, 1.82) is 0 Å². The molecule has 1 aliphatic rings. The van der Waals surface area contributed by atoms with E-state index in [1.165, 1.54) is 0 Å². The van der Waals surface area contributed by atoms with Crippen LogP contribution >= 0.6 is 0 Å². The highest BCUT2D eigenvalue weighted by molar-refractivity contribution is 5.66. The summed E-state index contributed by atoms with van der Waals surface area (Å²) in [5, 5.41) is 11.0. The average Bonchev–Trinajstić information content (AvgIpc) is 2.64. The zero-order chi connectivity index (χ0) is 8.32. The van der Waals surface area contributed by atoms with E-state index in [1.807, 2.05) is 6.08 Å². The number of amides is 1. The van der Waals surface area contributed by atoms with E-state index in [9.17, 15) is 4.79 Å². The third-order valence-corrected chi connectivity index (χ3v) is 2.05. The molecule has 1 fully saturated rings. The predicted molar refractivity (Wildman–Crippen MR) is 42.6 cm³/mol. The van der Waals surface area contributed by atoms with Crippen LogP contribution in [0.4, 0.5) is 4.79 Å². The molecule has 3 nitrogen and oxygen atoms in total. The molecule has 62 valence electrons. The molecule has 0 radical (unpaired) electrons. The minimum atomic E-state index is -0.911. The topological polar surface area (TPSA) is 49.3 Å². The van der Waals surface area contributed by atoms with Gasteiger partial charge in [0.1, 0.15) is 0 Å². The van der Waals surface area contributed by atoms with Crippen LogP contribution in [0.1, 0.15) is 25.7 Å². The van der Waals surface area contributed by atoms with Gasteiger partial charge in [-0.2, -0.15) is 0 Å². The lowest BCUT2D eigenvalue weighted by Gasteiger charge is -2.12. The fourth-order valence-corrected chi connectivity index (χ4v) is 1.19. The highest BCUT2D eigenvalue weighted by atomic mass is 16.4. The van der Waals surface area contributed by atoms with Crippen LogP contribution < -0.4 is 5.32 Å². The molecule has 0 aromatic heterocycles. The van der Waals surface area contributed by atoms with Crippen molar-refractivity contribution in [1.82, 2.24) is 5.32 Å². The molecule has 0 aliphatic heterocycles. The second-order valence-electron chi connectivity index (χ2n) is 3.04. The molecule has 1 saturated carbocycles. The number of hydrogen-bond donors (Lipinski definition) is 2. The summed E-state index contributed by atoms with van der Waals surface area (Å²) in [5.41, 5.74) is -0.0972. The second-order valence-corrected chi connectivity index (χ2v) is 3.04. The molecule has 2 N–H and O–H groups in total. The summed E-state index contributed by atoms with van der Waals surface area (Å²) in [7, 11) is 0. The third kappa shape index (κ3) is 2.26. The monoisotopic (exact) mass is 155 g/mol. The van der Waals surface area contributed by atoms with Gasteiger partial charge in [-0.15, -0.1) is 6.58 Å². The summed E-state index contributed by atoms with van der Waals surface area (Å²) in [6.07, 6.45) is 4.65. The molecule has 0 saturated heterocycles. The summed E-state index contributed by atoms with van der Waals surface area (Å²) in [6.45, 7) is 3.60. The summed E-state index contributed by atoms with van der Waals surface area (Å²) in [6, 6.07) is 0. The first-order valence-electron chi connectivity index (χ1n) is 3.80. The van der Waals surface area contributed by atoms with Gasteiger partial charge < -0.3 is 10.4 Å². The first-order valence-corrected chi connectivity index (χ1v) is 3.80. The first-order chi connectivity index (χ1) is 5.18. The number of allylic oxidation sites excluding steroid dienone is 1. The normalized spacial score (nSPS) is 18.9. The van der Waals surface area contributed by atoms with Crippen molar-refractivity contribution in [2.24, 2.45) is 0 Å². The number of rotatable bonds is 4. The Labute approximate surface area is 66.1 Å². The molecule has 0 heterocycles. The molecule has 11 heavy (non-hydrogen) atoms. The SMILES string of the molecule is C=CCCC1(NC(=O)O)CC1. The number of carboxylic acid groups (broad SMARTS) is 1. The highest BCUT2D eigenvalue weighted by Crippen LogP contribution is 2.39. The predicted octanol–water partition coefficient (Wildman–Crippen LogP) is 1.75. The smallest absolute Gasteiger partial charge is 0.405 e. The Balaban J connectivity index is 2.28. The molecule has 0 unspecified atom stereocenters. The zero-order valence-electron chi connectivity index (χ0n) is 6.47. The summed E-state index contributed by atoms with van der Waals surface area (Å²) < 4.78 is 0. The molecule has 0 atom stereocenters. The van der Waals surface area contributed by atoms with Gasteiger partial charge in [0.2, 0.25) is 0 Å². The van der Waals surface area contributed by atoms with E-state index >= 15 is 0 Å². The van der Waals surface area contributed by atoms with Crippen molar-refractivity contribution < 1.29 is 9.90 Å². The Bertz CT molecular complexity index is 173. The van der Waals surface area contributed by atoms with Crippen LogP contribution in [-0.2, 0) is 0 Å². The van der Waals surface area contributed by atoms with E-state index in [0.29, 0.717) is 0 Å². The van der Waals surface area contributed by atoms with E-state index in [-0.39, 0.29) is 5.54 Å². The maximum Gasteiger partial charge on any atom is 0.405 e. The van der Waals surface area contributed by atoms with Crippen molar-refractivity contribution in [3.63, 3.8) is 0 Å². The average molecular weight is 155 g/mol. The number of hydrogen-bond acceptors (Lipinski definition) is 1. The molecule has 1 rings (SSSR count). The van der Waals surface area contributed by atoms with Crippen LogP contribution in [0, 0.1) is 0 Å². The molecule has 0 aromatic carbocycles. The molecule has 0 spiro atoms. The van der Waals surface area contributed by atoms with Crippen LogP contribution in [0.2, 0.25) is 0 Å². The Morgan fingerprint density at radius 3 is 2.73 bits per heavy atom. The molecule has 1 aliphatic carbocycles. The standard InChI is InChI=1S/C8H13NO2/c1-2-3-4-8(5-6-8)9-7(10)11/h2,9H,1,3-6H2,(H,10,11). The number of carbonyl (C=O) groups is 1. The fourth-order valence-electron chi connectivity index (χ4n) is 1.19. The summed E-state index contributed by atoms with van der Waals surface area (Å²) >= 11 is 0. The molecule has 0 aromatic rings. The number of nitrogens with one attached hydrogen (secondary N) is 1. The van der Waals surface area contributed by atoms with Gasteiger partial charge in [-0.05, 0) is 25.7 Å². The zero-order valence-corrected chi connectivity index (χ0v) is 6.47. The van der Waals surface area contributed by atoms with Crippen LogP contribution in [0.15, 0.2) is 12.7 Å². The maximum absolute atomic E-state index is 10.3. The van der Waals surface area contributed by atoms with Crippen molar-refractivity contribution >= 4 is 6.09 Å². The van der Waals surface area contributed by atoms with Crippen molar-refractivity contribution in [2.45, 2.75) is 31.2 Å². The first kappa shape index (κ1) is 8.11. The lowest BCUT2D eigenvalue weighted by Crippen LogP contribution is -2.35. The van der Waals surface area contributed by atoms with Gasteiger partial charge in [0.25, 0.3) is 0 Å². The Kier molecular flexibility index (Phi) is 2.17. The molecule has 3 heteroatoms. The van der Waals surface area contributed by atoms with Crippen molar-refractivity contribution in [3.05, 3.63) is 12.7 Å². The van der Waals surface area contributed by atoms with Crippen LogP contribution in [0.3, 0.4) is 0 Å². The van der Waals surface area contributed by atoms with E-state index in [0.717, 1.165) is 25.7 Å². The van der Waals surface area contributed by atoms with Crippen LogP contribution in [0.25, 0.3) is 0 Å². The molecule has 0 bridgehead atoms. The minimum Gasteiger partial charge on any atom is -0.465 e. The van der Waals surface area contributed by atoms with Gasteiger partial charge in [0.05, 0.1) is 0 Å².